The molecular weight excluding hydrogens is 482 g/mol. The van der Waals surface area contributed by atoms with Crippen molar-refractivity contribution in [3.63, 3.8) is 0 Å². The highest BCUT2D eigenvalue weighted by Crippen LogP contribution is 2.30. The maximum Gasteiger partial charge on any atom is 0.251 e. The van der Waals surface area contributed by atoms with Crippen molar-refractivity contribution in [2.24, 2.45) is 5.73 Å². The summed E-state index contributed by atoms with van der Waals surface area (Å²) < 4.78 is 0. The van der Waals surface area contributed by atoms with Gasteiger partial charge in [0.2, 0.25) is 5.91 Å². The summed E-state index contributed by atoms with van der Waals surface area (Å²) in [6, 6.07) is 15.7. The Morgan fingerprint density at radius 2 is 1.73 bits per heavy atom. The summed E-state index contributed by atoms with van der Waals surface area (Å²) in [7, 11) is 0. The van der Waals surface area contributed by atoms with Crippen LogP contribution in [-0.4, -0.2) is 34.9 Å². The molecule has 0 bridgehead atoms. The average molecular weight is 514 g/mol. The van der Waals surface area contributed by atoms with Gasteiger partial charge < -0.3 is 16.4 Å². The van der Waals surface area contributed by atoms with E-state index in [9.17, 15) is 9.59 Å². The van der Waals surface area contributed by atoms with Crippen molar-refractivity contribution in [1.82, 2.24) is 15.3 Å². The Bertz CT molecular complexity index is 1430. The van der Waals surface area contributed by atoms with E-state index in [2.05, 4.69) is 40.5 Å². The zero-order valence-corrected chi connectivity index (χ0v) is 22.3. The van der Waals surface area contributed by atoms with Crippen molar-refractivity contribution in [3.8, 4) is 22.4 Å². The quantitative estimate of drug-likeness (QED) is 0.304. The molecule has 0 fully saturated rings. The van der Waals surface area contributed by atoms with Crippen LogP contribution in [0, 0.1) is 13.8 Å². The lowest BCUT2D eigenvalue weighted by atomic mass is 9.80. The molecule has 0 atom stereocenters. The van der Waals surface area contributed by atoms with Gasteiger partial charge in [-0.2, -0.15) is 0 Å². The fourth-order valence-electron chi connectivity index (χ4n) is 4.10. The molecule has 37 heavy (non-hydrogen) atoms. The number of carbonyl (C=O) groups is 2. The molecule has 4 N–H and O–H groups in total. The van der Waals surface area contributed by atoms with Crippen LogP contribution in [0.5, 0.6) is 0 Å². The van der Waals surface area contributed by atoms with E-state index in [0.717, 1.165) is 39.1 Å². The molecule has 2 aromatic carbocycles. The Balaban J connectivity index is 1.40. The van der Waals surface area contributed by atoms with Gasteiger partial charge in [0.05, 0.1) is 12.2 Å². The maximum atomic E-state index is 12.8. The van der Waals surface area contributed by atoms with Crippen LogP contribution in [-0.2, 0) is 10.2 Å². The molecule has 190 valence electrons. The number of nitrogens with two attached hydrogens (primary N) is 1. The van der Waals surface area contributed by atoms with Crippen LogP contribution in [0.2, 0.25) is 0 Å². The molecule has 0 radical (unpaired) electrons. The van der Waals surface area contributed by atoms with Gasteiger partial charge in [-0.1, -0.05) is 32.0 Å². The zero-order chi connectivity index (χ0) is 26.6. The van der Waals surface area contributed by atoms with Gasteiger partial charge >= 0.3 is 0 Å². The number of aromatic nitrogens is 2. The third-order valence-electron chi connectivity index (χ3n) is 6.50. The van der Waals surface area contributed by atoms with Crippen molar-refractivity contribution < 1.29 is 9.59 Å². The Kier molecular flexibility index (Phi) is 7.80. The molecule has 8 heteroatoms. The molecule has 2 heterocycles. The Hall–Kier alpha value is -3.88. The Morgan fingerprint density at radius 1 is 1.00 bits per heavy atom. The molecule has 0 aliphatic carbocycles. The second-order valence-electron chi connectivity index (χ2n) is 9.64. The van der Waals surface area contributed by atoms with E-state index in [0.29, 0.717) is 17.2 Å². The van der Waals surface area contributed by atoms with Crippen molar-refractivity contribution in [1.29, 1.82) is 0 Å². The third-order valence-corrected chi connectivity index (χ3v) is 7.26. The number of anilines is 1. The lowest BCUT2D eigenvalue weighted by molar-refractivity contribution is -0.115. The fraction of sp³-hybridized carbons (Fsp3) is 0.241. The monoisotopic (exact) mass is 513 g/mol. The summed E-state index contributed by atoms with van der Waals surface area (Å²) >= 11 is 1.34. The van der Waals surface area contributed by atoms with Gasteiger partial charge in [-0.15, -0.1) is 11.3 Å². The number of hydrogen-bond acceptors (Lipinski definition) is 6. The van der Waals surface area contributed by atoms with Crippen LogP contribution in [0.15, 0.2) is 66.3 Å². The molecule has 0 unspecified atom stereocenters. The maximum absolute atomic E-state index is 12.8. The molecule has 0 spiro atoms. The van der Waals surface area contributed by atoms with E-state index < -0.39 is 0 Å². The Labute approximate surface area is 221 Å². The zero-order valence-electron chi connectivity index (χ0n) is 21.5. The highest BCUT2D eigenvalue weighted by atomic mass is 32.1. The molecule has 4 rings (SSSR count). The predicted octanol–water partition coefficient (Wildman–Crippen LogP) is 5.09. The van der Waals surface area contributed by atoms with Gasteiger partial charge in [0.15, 0.2) is 5.13 Å². The molecule has 2 amide bonds. The second-order valence-corrected chi connectivity index (χ2v) is 10.5. The van der Waals surface area contributed by atoms with Crippen LogP contribution < -0.4 is 16.4 Å². The summed E-state index contributed by atoms with van der Waals surface area (Å²) in [6.07, 6.45) is 3.52. The molecule has 0 saturated heterocycles. The first kappa shape index (κ1) is 26.2. The average Bonchev–Trinajstić information content (AvgIpc) is 3.37. The molecule has 4 aromatic rings. The highest BCUT2D eigenvalue weighted by molar-refractivity contribution is 7.14. The minimum Gasteiger partial charge on any atom is -0.343 e. The number of hydrogen-bond donors (Lipinski definition) is 3. The van der Waals surface area contributed by atoms with Crippen molar-refractivity contribution in [3.05, 3.63) is 88.6 Å². The van der Waals surface area contributed by atoms with Crippen LogP contribution >= 0.6 is 11.3 Å². The lowest BCUT2D eigenvalue weighted by Crippen LogP contribution is -2.34. The fourth-order valence-corrected chi connectivity index (χ4v) is 4.83. The summed E-state index contributed by atoms with van der Waals surface area (Å²) in [6.45, 7) is 8.43. The first-order valence-corrected chi connectivity index (χ1v) is 12.9. The second kappa shape index (κ2) is 11.0. The highest BCUT2D eigenvalue weighted by Gasteiger charge is 2.23. The number of benzene rings is 2. The normalized spacial score (nSPS) is 11.3. The SMILES string of the molecule is Cc1cc(C(=O)NCC(=O)Nc2nc(-c3cccc(-c4ccncc4)c3)cs2)cc(C(C)(C)CN)c1C. The van der Waals surface area contributed by atoms with E-state index >= 15 is 0 Å². The van der Waals surface area contributed by atoms with Crippen molar-refractivity contribution in [2.45, 2.75) is 33.1 Å². The number of aryl methyl sites for hydroxylation is 1. The van der Waals surface area contributed by atoms with E-state index in [1.807, 2.05) is 61.7 Å². The summed E-state index contributed by atoms with van der Waals surface area (Å²) in [5.41, 5.74) is 13.2. The number of rotatable bonds is 8. The third kappa shape index (κ3) is 6.10. The van der Waals surface area contributed by atoms with E-state index in [4.69, 9.17) is 5.73 Å². The number of amides is 2. The van der Waals surface area contributed by atoms with Crippen LogP contribution in [0.1, 0.15) is 40.9 Å². The van der Waals surface area contributed by atoms with E-state index in [1.54, 1.807) is 12.4 Å². The predicted molar refractivity (Wildman–Crippen MR) is 150 cm³/mol. The van der Waals surface area contributed by atoms with E-state index in [-0.39, 0.29) is 23.8 Å². The molecule has 0 saturated carbocycles. The van der Waals surface area contributed by atoms with Gasteiger partial charge in [-0.25, -0.2) is 4.98 Å². The van der Waals surface area contributed by atoms with Crippen LogP contribution in [0.25, 0.3) is 22.4 Å². The van der Waals surface area contributed by atoms with Gasteiger partial charge in [-0.05, 0) is 72.0 Å². The topological polar surface area (TPSA) is 110 Å². The number of nitrogens with zero attached hydrogens (tertiary/aromatic N) is 2. The summed E-state index contributed by atoms with van der Waals surface area (Å²) in [4.78, 5) is 34.0. The summed E-state index contributed by atoms with van der Waals surface area (Å²) in [5, 5.41) is 7.87. The molecule has 0 aliphatic rings. The smallest absolute Gasteiger partial charge is 0.251 e. The minimum absolute atomic E-state index is 0.159. The lowest BCUT2D eigenvalue weighted by Gasteiger charge is -2.27. The molecule has 0 aliphatic heterocycles. The number of pyridine rings is 1. The molecule has 2 aromatic heterocycles. The van der Waals surface area contributed by atoms with Crippen LogP contribution in [0.3, 0.4) is 0 Å². The van der Waals surface area contributed by atoms with Crippen LogP contribution in [0.4, 0.5) is 5.13 Å². The number of carbonyl (C=O) groups excluding carboxylic acids is 2. The first-order valence-electron chi connectivity index (χ1n) is 12.0. The number of nitrogens with one attached hydrogen (secondary N) is 2. The van der Waals surface area contributed by atoms with Crippen molar-refractivity contribution >= 4 is 28.3 Å². The molecule has 7 nitrogen and oxygen atoms in total. The minimum atomic E-state index is -0.342. The summed E-state index contributed by atoms with van der Waals surface area (Å²) in [5.74, 6) is -0.647. The van der Waals surface area contributed by atoms with Gasteiger partial charge in [0, 0.05) is 40.9 Å². The van der Waals surface area contributed by atoms with Gasteiger partial charge in [-0.3, -0.25) is 14.6 Å². The number of thiazole rings is 1. The first-order chi connectivity index (χ1) is 17.7. The molecular formula is C29H31N5O2S. The van der Waals surface area contributed by atoms with Gasteiger partial charge in [0.1, 0.15) is 0 Å². The Morgan fingerprint density at radius 3 is 2.46 bits per heavy atom. The van der Waals surface area contributed by atoms with Crippen molar-refractivity contribution in [2.75, 3.05) is 18.4 Å². The largest absolute Gasteiger partial charge is 0.343 e. The van der Waals surface area contributed by atoms with E-state index in [1.165, 1.54) is 11.3 Å². The standard InChI is InChI=1S/C29H31N5O2S/c1-18-12-23(14-24(19(18)2)29(3,4)17-30)27(36)32-15-26(35)34-28-33-25(16-37-28)22-7-5-6-21(13-22)20-8-10-31-11-9-20/h5-14,16H,15,17,30H2,1-4H3,(H,32,36)(H,33,34,35). The van der Waals surface area contributed by atoms with Gasteiger partial charge in [0.25, 0.3) is 5.91 Å².